The van der Waals surface area contributed by atoms with E-state index >= 15 is 0 Å². The predicted molar refractivity (Wildman–Crippen MR) is 53.8 cm³/mol. The molecule has 80 valence electrons. The molecule has 0 amide bonds. The number of nitrogens with one attached hydrogen (secondary N) is 1. The molecule has 0 spiro atoms. The molecule has 0 aliphatic carbocycles. The molecule has 0 aliphatic heterocycles. The molecule has 0 bridgehead atoms. The Kier molecular flexibility index (Phi) is 4.03. The first-order valence-corrected chi connectivity index (χ1v) is 4.74. The van der Waals surface area contributed by atoms with Crippen LogP contribution < -0.4 is 5.32 Å². The summed E-state index contributed by atoms with van der Waals surface area (Å²) in [6.45, 7) is 4.79. The predicted octanol–water partition coefficient (Wildman–Crippen LogP) is 0.328. The molecule has 5 nitrogen and oxygen atoms in total. The highest BCUT2D eigenvalue weighted by Crippen LogP contribution is 1.97. The topological polar surface area (TPSA) is 52.0 Å². The summed E-state index contributed by atoms with van der Waals surface area (Å²) in [6.07, 6.45) is 1.89. The van der Waals surface area contributed by atoms with Crippen molar-refractivity contribution in [2.75, 3.05) is 7.11 Å². The highest BCUT2D eigenvalue weighted by molar-refractivity contribution is 4.82. The number of methoxy groups -OCH3 is 1. The van der Waals surface area contributed by atoms with Crippen LogP contribution in [0.5, 0.6) is 0 Å². The van der Waals surface area contributed by atoms with Crippen molar-refractivity contribution in [3.8, 4) is 0 Å². The van der Waals surface area contributed by atoms with Crippen molar-refractivity contribution >= 4 is 0 Å². The van der Waals surface area contributed by atoms with Gasteiger partial charge in [-0.1, -0.05) is 0 Å². The summed E-state index contributed by atoms with van der Waals surface area (Å²) in [5.41, 5.74) is 0. The number of aromatic nitrogens is 3. The summed E-state index contributed by atoms with van der Waals surface area (Å²) in [5, 5.41) is 7.47. The second-order valence-electron chi connectivity index (χ2n) is 3.44. The quantitative estimate of drug-likeness (QED) is 0.740. The first kappa shape index (κ1) is 11.1. The van der Waals surface area contributed by atoms with Crippen molar-refractivity contribution in [3.05, 3.63) is 12.2 Å². The Morgan fingerprint density at radius 3 is 2.79 bits per heavy atom. The lowest BCUT2D eigenvalue weighted by molar-refractivity contribution is 0.0880. The molecule has 0 fully saturated rings. The molecule has 0 aliphatic rings. The molecule has 0 radical (unpaired) electrons. The summed E-state index contributed by atoms with van der Waals surface area (Å²) in [7, 11) is 3.57. The van der Waals surface area contributed by atoms with Crippen molar-refractivity contribution in [2.24, 2.45) is 7.05 Å². The highest BCUT2D eigenvalue weighted by atomic mass is 16.5. The Morgan fingerprint density at radius 1 is 1.57 bits per heavy atom. The lowest BCUT2D eigenvalue weighted by atomic mass is 10.2. The van der Waals surface area contributed by atoms with Crippen LogP contribution in [-0.4, -0.2) is 34.0 Å². The Morgan fingerprint density at radius 2 is 2.29 bits per heavy atom. The van der Waals surface area contributed by atoms with Gasteiger partial charge in [0.25, 0.3) is 0 Å². The molecule has 2 unspecified atom stereocenters. The first-order chi connectivity index (χ1) is 6.63. The van der Waals surface area contributed by atoms with E-state index in [1.165, 1.54) is 0 Å². The van der Waals surface area contributed by atoms with Gasteiger partial charge in [0.2, 0.25) is 0 Å². The van der Waals surface area contributed by atoms with E-state index in [1.807, 2.05) is 14.0 Å². The van der Waals surface area contributed by atoms with E-state index in [0.717, 1.165) is 5.82 Å². The maximum Gasteiger partial charge on any atom is 0.164 e. The molecule has 2 atom stereocenters. The molecule has 5 heteroatoms. The molecule has 1 heterocycles. The molecule has 1 rings (SSSR count). The largest absolute Gasteiger partial charge is 0.380 e. The third-order valence-electron chi connectivity index (χ3n) is 2.31. The van der Waals surface area contributed by atoms with Gasteiger partial charge in [0, 0.05) is 20.2 Å². The van der Waals surface area contributed by atoms with E-state index in [1.54, 1.807) is 18.1 Å². The van der Waals surface area contributed by atoms with Gasteiger partial charge in [0.05, 0.1) is 12.6 Å². The summed E-state index contributed by atoms with van der Waals surface area (Å²) < 4.78 is 6.89. The lowest BCUT2D eigenvalue weighted by Gasteiger charge is -2.18. The third kappa shape index (κ3) is 3.08. The lowest BCUT2D eigenvalue weighted by Crippen LogP contribution is -2.36. The monoisotopic (exact) mass is 198 g/mol. The van der Waals surface area contributed by atoms with E-state index in [9.17, 15) is 0 Å². The van der Waals surface area contributed by atoms with Gasteiger partial charge in [-0.25, -0.2) is 4.98 Å². The fraction of sp³-hybridized carbons (Fsp3) is 0.778. The molecule has 14 heavy (non-hydrogen) atoms. The fourth-order valence-corrected chi connectivity index (χ4v) is 1.09. The smallest absolute Gasteiger partial charge is 0.164 e. The van der Waals surface area contributed by atoms with Crippen molar-refractivity contribution in [1.29, 1.82) is 0 Å². The van der Waals surface area contributed by atoms with Gasteiger partial charge in [-0.15, -0.1) is 0 Å². The van der Waals surface area contributed by atoms with Crippen LogP contribution in [0.1, 0.15) is 19.7 Å². The van der Waals surface area contributed by atoms with Gasteiger partial charge in [-0.2, -0.15) is 5.10 Å². The summed E-state index contributed by atoms with van der Waals surface area (Å²) in [6, 6.07) is 0.295. The van der Waals surface area contributed by atoms with Crippen LogP contribution in [-0.2, 0) is 18.3 Å². The van der Waals surface area contributed by atoms with Gasteiger partial charge >= 0.3 is 0 Å². The van der Waals surface area contributed by atoms with E-state index < -0.39 is 0 Å². The normalized spacial score (nSPS) is 15.4. The first-order valence-electron chi connectivity index (χ1n) is 4.74. The Hall–Kier alpha value is -0.940. The summed E-state index contributed by atoms with van der Waals surface area (Å²) in [5.74, 6) is 0.808. The summed E-state index contributed by atoms with van der Waals surface area (Å²) >= 11 is 0. The Labute approximate surface area is 84.5 Å². The highest BCUT2D eigenvalue weighted by Gasteiger charge is 2.10. The fourth-order valence-electron chi connectivity index (χ4n) is 1.09. The molecule has 0 saturated heterocycles. The van der Waals surface area contributed by atoms with Crippen LogP contribution in [0.15, 0.2) is 6.33 Å². The third-order valence-corrected chi connectivity index (χ3v) is 2.31. The minimum Gasteiger partial charge on any atom is -0.380 e. The van der Waals surface area contributed by atoms with Crippen molar-refractivity contribution in [2.45, 2.75) is 32.5 Å². The zero-order valence-electron chi connectivity index (χ0n) is 9.19. The van der Waals surface area contributed by atoms with Crippen LogP contribution in [0.2, 0.25) is 0 Å². The van der Waals surface area contributed by atoms with Crippen LogP contribution in [0.3, 0.4) is 0 Å². The second-order valence-corrected chi connectivity index (χ2v) is 3.44. The average Bonchev–Trinajstić information content (AvgIpc) is 2.59. The van der Waals surface area contributed by atoms with Gasteiger partial charge in [0.15, 0.2) is 5.82 Å². The minimum absolute atomic E-state index is 0.193. The Balaban J connectivity index is 2.33. The zero-order chi connectivity index (χ0) is 10.6. The maximum absolute atomic E-state index is 5.20. The maximum atomic E-state index is 5.20. The van der Waals surface area contributed by atoms with Gasteiger partial charge < -0.3 is 10.1 Å². The van der Waals surface area contributed by atoms with E-state index in [0.29, 0.717) is 12.6 Å². The molecule has 1 N–H and O–H groups in total. The van der Waals surface area contributed by atoms with Gasteiger partial charge in [0.1, 0.15) is 6.33 Å². The number of nitrogens with zero attached hydrogens (tertiary/aromatic N) is 3. The van der Waals surface area contributed by atoms with Crippen molar-refractivity contribution in [3.63, 3.8) is 0 Å². The van der Waals surface area contributed by atoms with Crippen LogP contribution >= 0.6 is 0 Å². The Bertz CT molecular complexity index is 274. The molecular weight excluding hydrogens is 180 g/mol. The van der Waals surface area contributed by atoms with E-state index in [-0.39, 0.29) is 6.10 Å². The average molecular weight is 198 g/mol. The van der Waals surface area contributed by atoms with E-state index in [4.69, 9.17) is 4.74 Å². The minimum atomic E-state index is 0.193. The number of ether oxygens (including phenoxy) is 1. The van der Waals surface area contributed by atoms with Crippen LogP contribution in [0.25, 0.3) is 0 Å². The van der Waals surface area contributed by atoms with Crippen molar-refractivity contribution in [1.82, 2.24) is 20.1 Å². The number of hydrogen-bond donors (Lipinski definition) is 1. The van der Waals surface area contributed by atoms with E-state index in [2.05, 4.69) is 22.3 Å². The van der Waals surface area contributed by atoms with Crippen LogP contribution in [0, 0.1) is 0 Å². The van der Waals surface area contributed by atoms with Crippen molar-refractivity contribution < 1.29 is 4.74 Å². The molecule has 1 aromatic rings. The number of rotatable bonds is 5. The molecule has 0 aromatic carbocycles. The SMILES string of the molecule is COC(C)C(C)NCc1ncn(C)n1. The standard InChI is InChI=1S/C9H18N4O/c1-7(8(2)14-4)10-5-9-11-6-13(3)12-9/h6-8,10H,5H2,1-4H3. The van der Waals surface area contributed by atoms with Gasteiger partial charge in [-0.3, -0.25) is 4.68 Å². The zero-order valence-corrected chi connectivity index (χ0v) is 9.19. The molecule has 0 saturated carbocycles. The van der Waals surface area contributed by atoms with Gasteiger partial charge in [-0.05, 0) is 13.8 Å². The summed E-state index contributed by atoms with van der Waals surface area (Å²) in [4.78, 5) is 4.12. The molecule has 1 aromatic heterocycles. The number of aryl methyl sites for hydroxylation is 1. The second kappa shape index (κ2) is 5.07. The van der Waals surface area contributed by atoms with Crippen LogP contribution in [0.4, 0.5) is 0 Å². The molecular formula is C9H18N4O. The number of hydrogen-bond acceptors (Lipinski definition) is 4.